The van der Waals surface area contributed by atoms with Crippen molar-refractivity contribution in [1.29, 1.82) is 0 Å². The summed E-state index contributed by atoms with van der Waals surface area (Å²) >= 11 is 0. The number of carbonyl (C=O) groups is 1. The van der Waals surface area contributed by atoms with Crippen LogP contribution in [0.2, 0.25) is 0 Å². The van der Waals surface area contributed by atoms with Gasteiger partial charge in [-0.05, 0) is 68.5 Å². The smallest absolute Gasteiger partial charge is 0.355 e. The van der Waals surface area contributed by atoms with Crippen LogP contribution >= 0.6 is 0 Å². The van der Waals surface area contributed by atoms with Crippen LogP contribution in [0.25, 0.3) is 10.9 Å². The predicted molar refractivity (Wildman–Crippen MR) is 96.5 cm³/mol. The van der Waals surface area contributed by atoms with Crippen molar-refractivity contribution in [1.82, 2.24) is 14.8 Å². The van der Waals surface area contributed by atoms with Crippen molar-refractivity contribution in [3.63, 3.8) is 0 Å². The van der Waals surface area contributed by atoms with Crippen molar-refractivity contribution in [3.05, 3.63) is 46.2 Å². The van der Waals surface area contributed by atoms with E-state index >= 15 is 0 Å². The zero-order valence-corrected chi connectivity index (χ0v) is 14.9. The lowest BCUT2D eigenvalue weighted by Gasteiger charge is -2.15. The standard InChI is InChI=1S/C19H22F3N3O2/c20-19(21,22)15-5-6-16-14(12-15)4-7-18(27)25(16)13-17(26)23-8-3-11-24-9-1-2-10-24/h4-7,12H,1-3,8-11,13H2,(H,23,26). The van der Waals surface area contributed by atoms with Gasteiger partial charge in [0.25, 0.3) is 5.56 Å². The number of nitrogens with one attached hydrogen (secondary N) is 1. The topological polar surface area (TPSA) is 54.3 Å². The van der Waals surface area contributed by atoms with Crippen molar-refractivity contribution in [3.8, 4) is 0 Å². The molecule has 1 saturated heterocycles. The van der Waals surface area contributed by atoms with Crippen LogP contribution in [-0.4, -0.2) is 41.6 Å². The van der Waals surface area contributed by atoms with E-state index in [1.165, 1.54) is 35.6 Å². The van der Waals surface area contributed by atoms with E-state index in [1.807, 2.05) is 0 Å². The summed E-state index contributed by atoms with van der Waals surface area (Å²) in [5.41, 5.74) is -0.899. The maximum atomic E-state index is 12.9. The van der Waals surface area contributed by atoms with Crippen LogP contribution in [0.3, 0.4) is 0 Å². The van der Waals surface area contributed by atoms with E-state index in [2.05, 4.69) is 10.2 Å². The highest BCUT2D eigenvalue weighted by atomic mass is 19.4. The molecule has 0 aliphatic carbocycles. The highest BCUT2D eigenvalue weighted by Crippen LogP contribution is 2.31. The normalized spacial score (nSPS) is 15.4. The SMILES string of the molecule is O=C(Cn1c(=O)ccc2cc(C(F)(F)F)ccc21)NCCCN1CCCC1. The number of amides is 1. The lowest BCUT2D eigenvalue weighted by atomic mass is 10.1. The minimum absolute atomic E-state index is 0.217. The molecule has 2 aromatic rings. The quantitative estimate of drug-likeness (QED) is 0.783. The number of benzene rings is 1. The molecule has 5 nitrogen and oxygen atoms in total. The van der Waals surface area contributed by atoms with Gasteiger partial charge in [0, 0.05) is 12.6 Å². The molecule has 2 heterocycles. The van der Waals surface area contributed by atoms with Gasteiger partial charge in [-0.3, -0.25) is 14.2 Å². The molecule has 1 aromatic carbocycles. The highest BCUT2D eigenvalue weighted by Gasteiger charge is 2.30. The van der Waals surface area contributed by atoms with E-state index in [-0.39, 0.29) is 17.8 Å². The minimum Gasteiger partial charge on any atom is -0.355 e. The number of pyridine rings is 1. The fraction of sp³-hybridized carbons (Fsp3) is 0.474. The molecule has 0 spiro atoms. The summed E-state index contributed by atoms with van der Waals surface area (Å²) < 4.78 is 39.8. The van der Waals surface area contributed by atoms with E-state index in [1.54, 1.807) is 0 Å². The fourth-order valence-electron chi connectivity index (χ4n) is 3.38. The summed E-state index contributed by atoms with van der Waals surface area (Å²) in [7, 11) is 0. The van der Waals surface area contributed by atoms with Crippen LogP contribution in [0.5, 0.6) is 0 Å². The Morgan fingerprint density at radius 2 is 1.85 bits per heavy atom. The maximum absolute atomic E-state index is 12.9. The number of carbonyl (C=O) groups excluding carboxylic acids is 1. The van der Waals surface area contributed by atoms with Crippen molar-refractivity contribution in [2.24, 2.45) is 0 Å². The van der Waals surface area contributed by atoms with Gasteiger partial charge in [-0.15, -0.1) is 0 Å². The Bertz CT molecular complexity index is 871. The molecule has 1 aromatic heterocycles. The zero-order valence-electron chi connectivity index (χ0n) is 14.9. The Morgan fingerprint density at radius 1 is 1.11 bits per heavy atom. The van der Waals surface area contributed by atoms with E-state index in [9.17, 15) is 22.8 Å². The molecular weight excluding hydrogens is 359 g/mol. The molecule has 0 radical (unpaired) electrons. The number of hydrogen-bond donors (Lipinski definition) is 1. The van der Waals surface area contributed by atoms with Gasteiger partial charge in [0.2, 0.25) is 5.91 Å². The first-order valence-corrected chi connectivity index (χ1v) is 9.04. The first kappa shape index (κ1) is 19.4. The molecule has 1 aliphatic heterocycles. The van der Waals surface area contributed by atoms with Crippen molar-refractivity contribution >= 4 is 16.8 Å². The molecule has 0 atom stereocenters. The first-order chi connectivity index (χ1) is 12.8. The van der Waals surface area contributed by atoms with Crippen LogP contribution < -0.4 is 10.9 Å². The molecule has 1 amide bonds. The third-order valence-electron chi connectivity index (χ3n) is 4.79. The summed E-state index contributed by atoms with van der Waals surface area (Å²) in [6.45, 7) is 3.41. The van der Waals surface area contributed by atoms with Gasteiger partial charge in [0.1, 0.15) is 6.54 Å². The van der Waals surface area contributed by atoms with Gasteiger partial charge < -0.3 is 10.2 Å². The number of aromatic nitrogens is 1. The second kappa shape index (κ2) is 8.12. The molecule has 0 bridgehead atoms. The number of alkyl halides is 3. The van der Waals surface area contributed by atoms with Crippen LogP contribution in [-0.2, 0) is 17.5 Å². The average Bonchev–Trinajstić information content (AvgIpc) is 3.13. The lowest BCUT2D eigenvalue weighted by molar-refractivity contribution is -0.137. The van der Waals surface area contributed by atoms with Crippen LogP contribution in [0.4, 0.5) is 13.2 Å². The van der Waals surface area contributed by atoms with Crippen molar-refractivity contribution < 1.29 is 18.0 Å². The number of nitrogens with zero attached hydrogens (tertiary/aromatic N) is 2. The number of rotatable bonds is 6. The fourth-order valence-corrected chi connectivity index (χ4v) is 3.38. The average molecular weight is 381 g/mol. The molecule has 0 saturated carbocycles. The highest BCUT2D eigenvalue weighted by molar-refractivity contribution is 5.82. The number of likely N-dealkylation sites (tertiary alicyclic amines) is 1. The summed E-state index contributed by atoms with van der Waals surface area (Å²) in [5, 5.41) is 3.05. The molecule has 1 aliphatic rings. The summed E-state index contributed by atoms with van der Waals surface area (Å²) in [5.74, 6) is -0.328. The second-order valence-corrected chi connectivity index (χ2v) is 6.78. The molecule has 1 fully saturated rings. The van der Waals surface area contributed by atoms with Crippen LogP contribution in [0.15, 0.2) is 35.1 Å². The molecule has 8 heteroatoms. The summed E-state index contributed by atoms with van der Waals surface area (Å²) in [6, 6.07) is 5.67. The van der Waals surface area contributed by atoms with E-state index < -0.39 is 17.3 Å². The molecule has 0 unspecified atom stereocenters. The van der Waals surface area contributed by atoms with Gasteiger partial charge in [-0.1, -0.05) is 0 Å². The molecule has 3 rings (SSSR count). The Morgan fingerprint density at radius 3 is 2.56 bits per heavy atom. The molecular formula is C19H22F3N3O2. The Hall–Kier alpha value is -2.35. The maximum Gasteiger partial charge on any atom is 0.416 e. The number of halogens is 3. The van der Waals surface area contributed by atoms with Crippen molar-refractivity contribution in [2.45, 2.75) is 32.0 Å². The van der Waals surface area contributed by atoms with Crippen molar-refractivity contribution in [2.75, 3.05) is 26.2 Å². The lowest BCUT2D eigenvalue weighted by Crippen LogP contribution is -2.34. The van der Waals surface area contributed by atoms with Gasteiger partial charge in [0.15, 0.2) is 0 Å². The number of fused-ring (bicyclic) bond motifs is 1. The Kier molecular flexibility index (Phi) is 5.84. The van der Waals surface area contributed by atoms with Crippen LogP contribution in [0, 0.1) is 0 Å². The zero-order chi connectivity index (χ0) is 19.4. The van der Waals surface area contributed by atoms with Gasteiger partial charge in [-0.25, -0.2) is 0 Å². The van der Waals surface area contributed by atoms with E-state index in [0.717, 1.165) is 38.2 Å². The minimum atomic E-state index is -4.46. The third-order valence-corrected chi connectivity index (χ3v) is 4.79. The third kappa shape index (κ3) is 4.88. The number of hydrogen-bond acceptors (Lipinski definition) is 3. The Labute approximate surface area is 154 Å². The molecule has 146 valence electrons. The second-order valence-electron chi connectivity index (χ2n) is 6.78. The first-order valence-electron chi connectivity index (χ1n) is 9.04. The van der Waals surface area contributed by atoms with E-state index in [0.29, 0.717) is 12.1 Å². The summed E-state index contributed by atoms with van der Waals surface area (Å²) in [6.07, 6.45) is -1.20. The van der Waals surface area contributed by atoms with Crippen LogP contribution in [0.1, 0.15) is 24.8 Å². The van der Waals surface area contributed by atoms with E-state index in [4.69, 9.17) is 0 Å². The van der Waals surface area contributed by atoms with Gasteiger partial charge >= 0.3 is 6.18 Å². The largest absolute Gasteiger partial charge is 0.416 e. The predicted octanol–water partition coefficient (Wildman–Crippen LogP) is 2.62. The monoisotopic (exact) mass is 381 g/mol. The van der Waals surface area contributed by atoms with Gasteiger partial charge in [0.05, 0.1) is 11.1 Å². The Balaban J connectivity index is 1.65. The summed E-state index contributed by atoms with van der Waals surface area (Å²) in [4.78, 5) is 26.6. The van der Waals surface area contributed by atoms with Gasteiger partial charge in [-0.2, -0.15) is 13.2 Å². The molecule has 1 N–H and O–H groups in total. The molecule has 27 heavy (non-hydrogen) atoms.